The number of aliphatic imine (C=N–C) groups is 2. The zero-order chi connectivity index (χ0) is 23.2. The Morgan fingerprint density at radius 3 is 2.42 bits per heavy atom. The molecule has 2 fully saturated rings. The third kappa shape index (κ3) is 10.6. The number of alkyl halides is 3. The van der Waals surface area contributed by atoms with Crippen LogP contribution in [0, 0.1) is 5.92 Å². The highest BCUT2D eigenvalue weighted by Gasteiger charge is 2.42. The minimum absolute atomic E-state index is 0.0256. The fraction of sp³-hybridized carbons (Fsp3) is 0.818. The summed E-state index contributed by atoms with van der Waals surface area (Å²) in [5.41, 5.74) is -0.872. The number of hydrogen-bond donors (Lipinski definition) is 3. The normalized spacial score (nSPS) is 19.4. The van der Waals surface area contributed by atoms with E-state index in [1.807, 2.05) is 13.8 Å². The summed E-state index contributed by atoms with van der Waals surface area (Å²) in [5.74, 6) is 0.503. The van der Waals surface area contributed by atoms with Crippen LogP contribution in [0.5, 0.6) is 0 Å². The maximum Gasteiger partial charge on any atom is 0.421 e. The first-order valence-electron chi connectivity index (χ1n) is 11.4. The third-order valence-corrected chi connectivity index (χ3v) is 5.59. The van der Waals surface area contributed by atoms with Crippen molar-refractivity contribution in [2.45, 2.75) is 70.5 Å². The van der Waals surface area contributed by atoms with Crippen molar-refractivity contribution in [1.29, 1.82) is 0 Å². The number of nitrogens with zero attached hydrogens (tertiary/aromatic N) is 2. The number of amidine groups is 1. The summed E-state index contributed by atoms with van der Waals surface area (Å²) in [6.07, 6.45) is 3.33. The molecule has 0 aromatic heterocycles. The largest absolute Gasteiger partial charge is 0.421 e. The highest BCUT2D eigenvalue weighted by molar-refractivity contribution is 5.99. The summed E-state index contributed by atoms with van der Waals surface area (Å²) in [6, 6.07) is 0. The van der Waals surface area contributed by atoms with Gasteiger partial charge in [0, 0.05) is 31.5 Å². The highest BCUT2D eigenvalue weighted by atomic mass is 19.4. The van der Waals surface area contributed by atoms with E-state index in [1.165, 1.54) is 0 Å². The molecule has 2 aliphatic rings. The predicted molar refractivity (Wildman–Crippen MR) is 122 cm³/mol. The van der Waals surface area contributed by atoms with Gasteiger partial charge in [0.15, 0.2) is 0 Å². The van der Waals surface area contributed by atoms with Gasteiger partial charge in [-0.2, -0.15) is 13.2 Å². The van der Waals surface area contributed by atoms with Crippen LogP contribution < -0.4 is 16.0 Å². The lowest BCUT2D eigenvalue weighted by molar-refractivity contribution is -0.0865. The lowest BCUT2D eigenvalue weighted by Gasteiger charge is -2.24. The topological polar surface area (TPSA) is 70.0 Å². The molecule has 1 heterocycles. The van der Waals surface area contributed by atoms with Crippen LogP contribution >= 0.6 is 0 Å². The zero-order valence-corrected chi connectivity index (χ0v) is 19.3. The van der Waals surface area contributed by atoms with Crippen LogP contribution in [0.1, 0.15) is 58.8 Å². The zero-order valence-electron chi connectivity index (χ0n) is 19.3. The molecule has 1 aliphatic carbocycles. The summed E-state index contributed by atoms with van der Waals surface area (Å²) in [6.45, 7) is 10.1. The Kier molecular flexibility index (Phi) is 13.0. The van der Waals surface area contributed by atoms with E-state index in [0.717, 1.165) is 57.9 Å². The second kappa shape index (κ2) is 14.6. The third-order valence-electron chi connectivity index (χ3n) is 5.59. The monoisotopic (exact) mass is 447 g/mol. The smallest absolute Gasteiger partial charge is 0.381 e. The molecule has 2 rings (SSSR count). The molecule has 1 saturated carbocycles. The quantitative estimate of drug-likeness (QED) is 0.240. The van der Waals surface area contributed by atoms with E-state index in [-0.39, 0.29) is 18.0 Å². The molecule has 0 atom stereocenters. The van der Waals surface area contributed by atoms with Crippen LogP contribution in [-0.2, 0) is 4.74 Å². The van der Waals surface area contributed by atoms with Gasteiger partial charge in [0.2, 0.25) is 0 Å². The van der Waals surface area contributed by atoms with E-state index in [2.05, 4.69) is 32.7 Å². The molecule has 0 radical (unpaired) electrons. The Labute approximate surface area is 185 Å². The standard InChI is InChI=1S/C20H34F3N5O.C2H6/c1-24-10-3-11-26-18(17(14-25-2)20(21,22)23)27-15-28-19(8-9-19)7-4-16-5-12-29-13-6-16;1-2/h14,16,24,28H,2-13,15H2,1H3,(H,26,27);1-2H3/b17-14+;. The van der Waals surface area contributed by atoms with E-state index in [0.29, 0.717) is 25.4 Å². The van der Waals surface area contributed by atoms with E-state index >= 15 is 0 Å². The maximum atomic E-state index is 13.4. The minimum Gasteiger partial charge on any atom is -0.381 e. The van der Waals surface area contributed by atoms with E-state index in [1.54, 1.807) is 7.05 Å². The van der Waals surface area contributed by atoms with Crippen LogP contribution in [0.25, 0.3) is 0 Å². The van der Waals surface area contributed by atoms with Crippen molar-refractivity contribution in [2.24, 2.45) is 15.9 Å². The van der Waals surface area contributed by atoms with Gasteiger partial charge in [0.1, 0.15) is 11.4 Å². The van der Waals surface area contributed by atoms with Crippen LogP contribution in [0.2, 0.25) is 0 Å². The molecule has 180 valence electrons. The molecular weight excluding hydrogens is 407 g/mol. The van der Waals surface area contributed by atoms with Crippen molar-refractivity contribution in [3.63, 3.8) is 0 Å². The summed E-state index contributed by atoms with van der Waals surface area (Å²) in [4.78, 5) is 7.53. The number of nitrogens with one attached hydrogen (secondary N) is 3. The van der Waals surface area contributed by atoms with Gasteiger partial charge in [-0.1, -0.05) is 13.8 Å². The molecule has 0 aromatic rings. The fourth-order valence-electron chi connectivity index (χ4n) is 3.54. The molecule has 0 aromatic carbocycles. The molecule has 3 N–H and O–H groups in total. The summed E-state index contributed by atoms with van der Waals surface area (Å²) in [5, 5.41) is 9.17. The average Bonchev–Trinajstić information content (AvgIpc) is 3.54. The Balaban J connectivity index is 0.00000233. The number of halogens is 3. The number of ether oxygens (including phenoxy) is 1. The molecule has 9 heteroatoms. The van der Waals surface area contributed by atoms with Crippen molar-refractivity contribution in [2.75, 3.05) is 40.0 Å². The van der Waals surface area contributed by atoms with Crippen molar-refractivity contribution < 1.29 is 17.9 Å². The molecule has 1 aliphatic heterocycles. The van der Waals surface area contributed by atoms with Crippen LogP contribution in [0.4, 0.5) is 13.2 Å². The molecule has 0 amide bonds. The minimum atomic E-state index is -4.55. The van der Waals surface area contributed by atoms with Crippen LogP contribution in [0.3, 0.4) is 0 Å². The lowest BCUT2D eigenvalue weighted by atomic mass is 9.92. The first-order valence-corrected chi connectivity index (χ1v) is 11.4. The Hall–Kier alpha value is -1.45. The first-order chi connectivity index (χ1) is 14.9. The molecule has 31 heavy (non-hydrogen) atoms. The lowest BCUT2D eigenvalue weighted by Crippen LogP contribution is -2.37. The second-order valence-corrected chi connectivity index (χ2v) is 7.82. The maximum absolute atomic E-state index is 13.4. The van der Waals surface area contributed by atoms with Crippen molar-refractivity contribution in [1.82, 2.24) is 16.0 Å². The number of hydrogen-bond acceptors (Lipinski definition) is 5. The van der Waals surface area contributed by atoms with Gasteiger partial charge in [-0.05, 0) is 71.2 Å². The van der Waals surface area contributed by atoms with Gasteiger partial charge in [-0.15, -0.1) is 0 Å². The van der Waals surface area contributed by atoms with Gasteiger partial charge in [0.25, 0.3) is 0 Å². The molecule has 6 nitrogen and oxygen atoms in total. The first kappa shape index (κ1) is 27.6. The molecular formula is C22H40F3N5O. The van der Waals surface area contributed by atoms with Gasteiger partial charge in [-0.25, -0.2) is 0 Å². The Bertz CT molecular complexity index is 568. The van der Waals surface area contributed by atoms with Crippen LogP contribution in [0.15, 0.2) is 21.8 Å². The Morgan fingerprint density at radius 2 is 1.87 bits per heavy atom. The van der Waals surface area contributed by atoms with Gasteiger partial charge in [0.05, 0.1) is 6.67 Å². The Morgan fingerprint density at radius 1 is 1.19 bits per heavy atom. The molecule has 0 bridgehead atoms. The van der Waals surface area contributed by atoms with Gasteiger partial charge in [-0.3, -0.25) is 15.3 Å². The highest BCUT2D eigenvalue weighted by Crippen LogP contribution is 2.41. The predicted octanol–water partition coefficient (Wildman–Crippen LogP) is 4.04. The molecule has 0 unspecified atom stereocenters. The van der Waals surface area contributed by atoms with Crippen LogP contribution in [-0.4, -0.2) is 64.3 Å². The summed E-state index contributed by atoms with van der Waals surface area (Å²) in [7, 11) is 1.80. The van der Waals surface area contributed by atoms with Crippen molar-refractivity contribution in [3.05, 3.63) is 11.8 Å². The van der Waals surface area contributed by atoms with Crippen molar-refractivity contribution >= 4 is 12.6 Å². The fourth-order valence-corrected chi connectivity index (χ4v) is 3.54. The molecule has 0 spiro atoms. The van der Waals surface area contributed by atoms with E-state index in [4.69, 9.17) is 4.74 Å². The molecule has 1 saturated heterocycles. The van der Waals surface area contributed by atoms with E-state index in [9.17, 15) is 13.2 Å². The SMILES string of the molecule is C=N/C=C(\C(=N/CNC1(CCC2CCOCC2)CC1)NCCCNC)C(F)(F)F.CC. The average molecular weight is 448 g/mol. The summed E-state index contributed by atoms with van der Waals surface area (Å²) >= 11 is 0. The second-order valence-electron chi connectivity index (χ2n) is 7.82. The van der Waals surface area contributed by atoms with Gasteiger partial charge < -0.3 is 15.4 Å². The number of rotatable bonds is 12. The summed E-state index contributed by atoms with van der Waals surface area (Å²) < 4.78 is 45.6. The van der Waals surface area contributed by atoms with E-state index < -0.39 is 11.7 Å². The van der Waals surface area contributed by atoms with Gasteiger partial charge >= 0.3 is 6.18 Å². The van der Waals surface area contributed by atoms with Crippen molar-refractivity contribution in [3.8, 4) is 0 Å².